The minimum absolute atomic E-state index is 0.813. The van der Waals surface area contributed by atoms with Gasteiger partial charge in [0.2, 0.25) is 0 Å². The van der Waals surface area contributed by atoms with Gasteiger partial charge >= 0.3 is 0 Å². The Bertz CT molecular complexity index is 872. The average Bonchev–Trinajstić information content (AvgIpc) is 3.03. The molecule has 0 saturated carbocycles. The number of aryl methyl sites for hydroxylation is 1. The van der Waals surface area contributed by atoms with Crippen molar-refractivity contribution >= 4 is 27.8 Å². The molecule has 2 aromatic carbocycles. The summed E-state index contributed by atoms with van der Waals surface area (Å²) in [5.41, 5.74) is 3.18. The highest BCUT2D eigenvalue weighted by Crippen LogP contribution is 2.32. The number of allylic oxidation sites excluding steroid dienone is 1. The highest BCUT2D eigenvalue weighted by molar-refractivity contribution is 6.05. The molecule has 2 heterocycles. The van der Waals surface area contributed by atoms with Crippen molar-refractivity contribution in [3.05, 3.63) is 47.7 Å². The molecule has 1 saturated heterocycles. The summed E-state index contributed by atoms with van der Waals surface area (Å²) in [6.45, 7) is 4.35. The number of rotatable bonds is 4. The Balaban J connectivity index is 1.72. The summed E-state index contributed by atoms with van der Waals surface area (Å²) in [6.07, 6.45) is 8.97. The Labute approximate surface area is 142 Å². The number of aromatic nitrogens is 1. The molecule has 0 aliphatic carbocycles. The predicted molar refractivity (Wildman–Crippen MR) is 100 cm³/mol. The fraction of sp³-hybridized carbons (Fsp3) is 0.381. The lowest BCUT2D eigenvalue weighted by Crippen LogP contribution is -2.27. The highest BCUT2D eigenvalue weighted by atomic mass is 16.5. The smallest absolute Gasteiger partial charge is 0.174 e. The Morgan fingerprint density at radius 2 is 2.04 bits per heavy atom. The van der Waals surface area contributed by atoms with E-state index in [1.54, 1.807) is 0 Å². The second-order valence-corrected chi connectivity index (χ2v) is 6.75. The molecule has 0 radical (unpaired) electrons. The van der Waals surface area contributed by atoms with Crippen LogP contribution in [0.1, 0.15) is 37.4 Å². The first kappa shape index (κ1) is 15.4. The topological polar surface area (TPSA) is 38.1 Å². The molecule has 4 rings (SSSR count). The number of nitrogens with one attached hydrogen (secondary N) is 1. The van der Waals surface area contributed by atoms with Gasteiger partial charge in [0.15, 0.2) is 5.58 Å². The van der Waals surface area contributed by atoms with Gasteiger partial charge < -0.3 is 9.84 Å². The van der Waals surface area contributed by atoms with Crippen LogP contribution in [0.5, 0.6) is 0 Å². The van der Waals surface area contributed by atoms with Gasteiger partial charge in [0.05, 0.1) is 5.69 Å². The van der Waals surface area contributed by atoms with E-state index >= 15 is 0 Å². The maximum Gasteiger partial charge on any atom is 0.174 e. The van der Waals surface area contributed by atoms with Crippen molar-refractivity contribution in [1.82, 2.24) is 10.5 Å². The number of hydrogen-bond donors (Lipinski definition) is 1. The molecule has 0 unspecified atom stereocenters. The van der Waals surface area contributed by atoms with E-state index in [1.165, 1.54) is 35.4 Å². The zero-order chi connectivity index (χ0) is 16.4. The van der Waals surface area contributed by atoms with Crippen molar-refractivity contribution in [3.8, 4) is 0 Å². The Hall–Kier alpha value is -2.13. The zero-order valence-electron chi connectivity index (χ0n) is 14.2. The zero-order valence-corrected chi connectivity index (χ0v) is 14.2. The summed E-state index contributed by atoms with van der Waals surface area (Å²) >= 11 is 0. The van der Waals surface area contributed by atoms with Gasteiger partial charge in [-0.2, -0.15) is 0 Å². The summed E-state index contributed by atoms with van der Waals surface area (Å²) in [5.74, 6) is 0.813. The molecule has 3 aromatic rings. The van der Waals surface area contributed by atoms with E-state index < -0.39 is 0 Å². The number of nitrogens with zero attached hydrogens (tertiary/aromatic N) is 1. The van der Waals surface area contributed by atoms with Gasteiger partial charge in [-0.25, -0.2) is 0 Å². The third-order valence-electron chi connectivity index (χ3n) is 5.18. The van der Waals surface area contributed by atoms with E-state index in [1.807, 2.05) is 6.92 Å². The second kappa shape index (κ2) is 6.78. The van der Waals surface area contributed by atoms with Crippen molar-refractivity contribution in [2.24, 2.45) is 5.92 Å². The van der Waals surface area contributed by atoms with E-state index in [0.29, 0.717) is 0 Å². The lowest BCUT2D eigenvalue weighted by molar-refractivity contribution is 0.350. The van der Waals surface area contributed by atoms with Gasteiger partial charge in [0, 0.05) is 10.9 Å². The summed E-state index contributed by atoms with van der Waals surface area (Å²) < 4.78 is 5.77. The van der Waals surface area contributed by atoms with Gasteiger partial charge in [-0.1, -0.05) is 41.6 Å². The number of piperidine rings is 1. The van der Waals surface area contributed by atoms with Crippen LogP contribution in [-0.4, -0.2) is 18.2 Å². The third kappa shape index (κ3) is 2.84. The first-order valence-corrected chi connectivity index (χ1v) is 9.00. The quantitative estimate of drug-likeness (QED) is 0.739. The molecule has 1 N–H and O–H groups in total. The second-order valence-electron chi connectivity index (χ2n) is 6.75. The van der Waals surface area contributed by atoms with Crippen molar-refractivity contribution in [3.63, 3.8) is 0 Å². The monoisotopic (exact) mass is 320 g/mol. The van der Waals surface area contributed by atoms with Crippen LogP contribution in [-0.2, 0) is 6.42 Å². The molecule has 124 valence electrons. The van der Waals surface area contributed by atoms with Crippen molar-refractivity contribution in [1.29, 1.82) is 0 Å². The molecule has 3 nitrogen and oxygen atoms in total. The predicted octanol–water partition coefficient (Wildman–Crippen LogP) is 4.95. The highest BCUT2D eigenvalue weighted by Gasteiger charge is 2.17. The van der Waals surface area contributed by atoms with Gasteiger partial charge in [-0.05, 0) is 68.5 Å². The normalized spacial score (nSPS) is 16.5. The third-order valence-corrected chi connectivity index (χ3v) is 5.18. The SMILES string of the molecule is C/C=C\c1c2ccccc2cc2c(CCC3CCNCC3)noc12. The van der Waals surface area contributed by atoms with Crippen LogP contribution in [0.4, 0.5) is 0 Å². The molecule has 0 atom stereocenters. The van der Waals surface area contributed by atoms with Gasteiger partial charge in [0.25, 0.3) is 0 Å². The molecule has 1 aromatic heterocycles. The van der Waals surface area contributed by atoms with Crippen LogP contribution >= 0.6 is 0 Å². The number of fused-ring (bicyclic) bond motifs is 2. The van der Waals surface area contributed by atoms with E-state index in [-0.39, 0.29) is 0 Å². The Morgan fingerprint density at radius 1 is 1.21 bits per heavy atom. The average molecular weight is 320 g/mol. The standard InChI is InChI=1S/C21H24N2O/c1-2-5-18-17-7-4-3-6-16(17)14-19-20(23-24-21(18)19)9-8-15-10-12-22-13-11-15/h2-7,14-15,22H,8-13H2,1H3/b5-2-. The molecule has 1 aliphatic rings. The summed E-state index contributed by atoms with van der Waals surface area (Å²) in [7, 11) is 0. The Morgan fingerprint density at radius 3 is 2.88 bits per heavy atom. The van der Waals surface area contributed by atoms with Gasteiger partial charge in [0.1, 0.15) is 0 Å². The fourth-order valence-electron chi connectivity index (χ4n) is 3.84. The first-order chi connectivity index (χ1) is 11.9. The summed E-state index contributed by atoms with van der Waals surface area (Å²) in [6, 6.07) is 10.7. The molecule has 1 aliphatic heterocycles. The lowest BCUT2D eigenvalue weighted by Gasteiger charge is -2.21. The molecule has 0 bridgehead atoms. The minimum atomic E-state index is 0.813. The summed E-state index contributed by atoms with van der Waals surface area (Å²) in [4.78, 5) is 0. The van der Waals surface area contributed by atoms with Crippen LogP contribution in [0.3, 0.4) is 0 Å². The Kier molecular flexibility index (Phi) is 4.35. The number of benzene rings is 2. The summed E-state index contributed by atoms with van der Waals surface area (Å²) in [5, 5.41) is 11.5. The van der Waals surface area contributed by atoms with E-state index in [0.717, 1.165) is 42.3 Å². The molecule has 0 spiro atoms. The van der Waals surface area contributed by atoms with E-state index in [9.17, 15) is 0 Å². The molecule has 0 amide bonds. The van der Waals surface area contributed by atoms with Crippen molar-refractivity contribution < 1.29 is 4.52 Å². The van der Waals surface area contributed by atoms with Crippen molar-refractivity contribution in [2.45, 2.75) is 32.6 Å². The van der Waals surface area contributed by atoms with Gasteiger partial charge in [-0.3, -0.25) is 0 Å². The molecule has 3 heteroatoms. The van der Waals surface area contributed by atoms with Crippen LogP contribution in [0, 0.1) is 5.92 Å². The fourth-order valence-corrected chi connectivity index (χ4v) is 3.84. The number of hydrogen-bond acceptors (Lipinski definition) is 3. The van der Waals surface area contributed by atoms with Crippen LogP contribution in [0.15, 0.2) is 40.9 Å². The first-order valence-electron chi connectivity index (χ1n) is 9.00. The van der Waals surface area contributed by atoms with Gasteiger partial charge in [-0.15, -0.1) is 0 Å². The molecule has 1 fully saturated rings. The van der Waals surface area contributed by atoms with Crippen LogP contribution in [0.25, 0.3) is 27.8 Å². The minimum Gasteiger partial charge on any atom is -0.355 e. The molecule has 24 heavy (non-hydrogen) atoms. The lowest BCUT2D eigenvalue weighted by atomic mass is 9.91. The maximum atomic E-state index is 5.77. The molecular weight excluding hydrogens is 296 g/mol. The van der Waals surface area contributed by atoms with E-state index in [2.05, 4.69) is 53.0 Å². The van der Waals surface area contributed by atoms with Crippen molar-refractivity contribution in [2.75, 3.05) is 13.1 Å². The molecular formula is C21H24N2O. The van der Waals surface area contributed by atoms with Crippen LogP contribution < -0.4 is 5.32 Å². The van der Waals surface area contributed by atoms with E-state index in [4.69, 9.17) is 4.52 Å². The largest absolute Gasteiger partial charge is 0.355 e. The maximum absolute atomic E-state index is 5.77. The van der Waals surface area contributed by atoms with Crippen LogP contribution in [0.2, 0.25) is 0 Å².